The summed E-state index contributed by atoms with van der Waals surface area (Å²) in [5.74, 6) is 0. The molecule has 5 heteroatoms. The van der Waals surface area contributed by atoms with Gasteiger partial charge in [-0.1, -0.05) is 86.4 Å². The number of allylic oxidation sites excluding steroid dienone is 4. The maximum atomic E-state index is 3.79. The fourth-order valence-electron chi connectivity index (χ4n) is 3.69. The molecule has 0 fully saturated rings. The zero-order valence-electron chi connectivity index (χ0n) is 16.7. The van der Waals surface area contributed by atoms with Crippen molar-refractivity contribution in [3.63, 3.8) is 0 Å². The molecule has 144 valence electrons. The van der Waals surface area contributed by atoms with Crippen molar-refractivity contribution >= 4 is 14.7 Å². The summed E-state index contributed by atoms with van der Waals surface area (Å²) in [7, 11) is -0.346. The van der Waals surface area contributed by atoms with Gasteiger partial charge >= 0.3 is 21.7 Å². The summed E-state index contributed by atoms with van der Waals surface area (Å²) in [6.07, 6.45) is 11.5. The van der Waals surface area contributed by atoms with Crippen LogP contribution in [0, 0.1) is 26.8 Å². The maximum absolute atomic E-state index is 3.79. The van der Waals surface area contributed by atoms with E-state index in [2.05, 4.69) is 52.8 Å². The smallest absolute Gasteiger partial charge is 1.00 e. The minimum Gasteiger partial charge on any atom is -1.00 e. The van der Waals surface area contributed by atoms with Crippen LogP contribution in [-0.4, -0.2) is 9.52 Å². The summed E-state index contributed by atoms with van der Waals surface area (Å²) in [5, 5.41) is 3.29. The Hall–Kier alpha value is 0.501. The van der Waals surface area contributed by atoms with E-state index >= 15 is 0 Å². The largest absolute Gasteiger partial charge is 4.00 e. The van der Waals surface area contributed by atoms with Crippen LogP contribution in [0.5, 0.6) is 0 Å². The topological polar surface area (TPSA) is 0 Å². The van der Waals surface area contributed by atoms with Gasteiger partial charge in [0.15, 0.2) is 0 Å². The minimum atomic E-state index is -0.346. The molecule has 0 saturated carbocycles. The van der Waals surface area contributed by atoms with Gasteiger partial charge in [0, 0.05) is 0 Å². The van der Waals surface area contributed by atoms with Crippen molar-refractivity contribution in [1.29, 1.82) is 0 Å². The van der Waals surface area contributed by atoms with Crippen LogP contribution in [0.25, 0.3) is 0 Å². The molecule has 1 aliphatic rings. The van der Waals surface area contributed by atoms with Crippen LogP contribution in [-0.2, 0) is 21.7 Å². The van der Waals surface area contributed by atoms with Crippen molar-refractivity contribution < 1.29 is 58.9 Å². The van der Waals surface area contributed by atoms with Gasteiger partial charge in [0.05, 0.1) is 9.52 Å². The number of aryl methyl sites for hydroxylation is 3. The van der Waals surface area contributed by atoms with E-state index in [1.54, 1.807) is 16.0 Å². The summed E-state index contributed by atoms with van der Waals surface area (Å²) < 4.78 is 0. The molecule has 0 spiro atoms. The van der Waals surface area contributed by atoms with Crippen molar-refractivity contribution in [3.8, 4) is 0 Å². The third-order valence-electron chi connectivity index (χ3n) is 4.85. The first-order valence-electron chi connectivity index (χ1n) is 8.94. The molecular formula is C21H31Cl3SiTi. The van der Waals surface area contributed by atoms with E-state index in [0.717, 1.165) is 6.42 Å². The zero-order valence-corrected chi connectivity index (χ0v) is 22.0. The van der Waals surface area contributed by atoms with Gasteiger partial charge in [-0.05, 0) is 20.8 Å². The van der Waals surface area contributed by atoms with Crippen LogP contribution in [0.15, 0.2) is 28.5 Å². The van der Waals surface area contributed by atoms with Crippen LogP contribution < -0.4 is 42.4 Å². The number of benzene rings is 1. The van der Waals surface area contributed by atoms with Crippen LogP contribution in [0.1, 0.15) is 69.1 Å². The number of halogens is 3. The summed E-state index contributed by atoms with van der Waals surface area (Å²) in [6, 6.07) is 4.70. The first-order chi connectivity index (χ1) is 10.5. The number of rotatable bonds is 7. The average molecular weight is 466 g/mol. The van der Waals surface area contributed by atoms with E-state index in [1.165, 1.54) is 54.4 Å². The Morgan fingerprint density at radius 2 is 1.54 bits per heavy atom. The molecule has 0 radical (unpaired) electrons. The zero-order chi connectivity index (χ0) is 16.1. The molecule has 0 bridgehead atoms. The Morgan fingerprint density at radius 3 is 2.04 bits per heavy atom. The second-order valence-corrected chi connectivity index (χ2v) is 8.77. The Kier molecular flexibility index (Phi) is 18.5. The maximum Gasteiger partial charge on any atom is 4.00 e. The van der Waals surface area contributed by atoms with Crippen LogP contribution >= 0.6 is 0 Å². The van der Waals surface area contributed by atoms with Crippen LogP contribution in [0.4, 0.5) is 0 Å². The molecule has 0 unspecified atom stereocenters. The summed E-state index contributed by atoms with van der Waals surface area (Å²) in [4.78, 5) is 0. The van der Waals surface area contributed by atoms with E-state index in [0.29, 0.717) is 0 Å². The SMILES string of the molecule is CCCCCC1=C(CC)[C-]=C([SiH2]c2c(C)cc(C)cc2C)C1.[Cl-].[Cl-].[Cl-].[Ti+4]. The van der Waals surface area contributed by atoms with Gasteiger partial charge < -0.3 is 37.2 Å². The molecule has 0 saturated heterocycles. The van der Waals surface area contributed by atoms with Crippen molar-refractivity contribution in [3.05, 3.63) is 51.2 Å². The van der Waals surface area contributed by atoms with Crippen molar-refractivity contribution in [1.82, 2.24) is 0 Å². The van der Waals surface area contributed by atoms with E-state index in [1.807, 2.05) is 0 Å². The minimum absolute atomic E-state index is 0. The van der Waals surface area contributed by atoms with E-state index in [9.17, 15) is 0 Å². The fraction of sp³-hybridized carbons (Fsp3) is 0.524. The average Bonchev–Trinajstić information content (AvgIpc) is 2.85. The first-order valence-corrected chi connectivity index (χ1v) is 10.4. The van der Waals surface area contributed by atoms with E-state index in [4.69, 9.17) is 0 Å². The molecule has 0 atom stereocenters. The monoisotopic (exact) mass is 464 g/mol. The molecule has 26 heavy (non-hydrogen) atoms. The normalized spacial score (nSPS) is 12.9. The quantitative estimate of drug-likeness (QED) is 0.218. The van der Waals surface area contributed by atoms with E-state index in [-0.39, 0.29) is 68.5 Å². The number of unbranched alkanes of at least 4 members (excludes halogenated alkanes) is 2. The number of hydrogen-bond acceptors (Lipinski definition) is 0. The molecule has 0 nitrogen and oxygen atoms in total. The molecule has 0 aromatic heterocycles. The molecule has 1 aromatic rings. The molecule has 1 aliphatic carbocycles. The molecular weight excluding hydrogens is 435 g/mol. The van der Waals surface area contributed by atoms with Crippen molar-refractivity contribution in [2.75, 3.05) is 0 Å². The van der Waals surface area contributed by atoms with Gasteiger partial charge in [-0.3, -0.25) is 6.08 Å². The molecule has 0 N–H and O–H groups in total. The third-order valence-corrected chi connectivity index (χ3v) is 7.17. The summed E-state index contributed by atoms with van der Waals surface area (Å²) in [6.45, 7) is 11.3. The Morgan fingerprint density at radius 1 is 0.962 bits per heavy atom. The van der Waals surface area contributed by atoms with Gasteiger partial charge in [-0.15, -0.1) is 0 Å². The summed E-state index contributed by atoms with van der Waals surface area (Å²) >= 11 is 0. The second kappa shape index (κ2) is 15.4. The second-order valence-electron chi connectivity index (χ2n) is 6.85. The molecule has 0 amide bonds. The standard InChI is InChI=1S/C21H31Si.3ClH.Ti/c1-6-8-9-10-19-14-20(13-18(19)7-2)22-21-16(4)11-15(3)12-17(21)5;;;;/h11-12H,6-10,14,22H2,1-5H3;3*1H;/q-1;;;;+4/p-3. The first kappa shape index (κ1) is 31.2. The van der Waals surface area contributed by atoms with Crippen LogP contribution in [0.3, 0.4) is 0 Å². The van der Waals surface area contributed by atoms with Crippen molar-refractivity contribution in [2.45, 2.75) is 73.1 Å². The fourth-order valence-corrected chi connectivity index (χ4v) is 5.60. The van der Waals surface area contributed by atoms with Gasteiger partial charge in [-0.25, -0.2) is 11.1 Å². The van der Waals surface area contributed by atoms with Gasteiger partial charge in [-0.2, -0.15) is 5.20 Å². The van der Waals surface area contributed by atoms with Gasteiger partial charge in [0.25, 0.3) is 0 Å². The Labute approximate surface area is 197 Å². The molecule has 1 aromatic carbocycles. The van der Waals surface area contributed by atoms with Crippen molar-refractivity contribution in [2.24, 2.45) is 0 Å². The summed E-state index contributed by atoms with van der Waals surface area (Å²) in [5.41, 5.74) is 7.61. The predicted octanol–water partition coefficient (Wildman–Crippen LogP) is -4.21. The van der Waals surface area contributed by atoms with E-state index < -0.39 is 0 Å². The Balaban J connectivity index is -0.00000132. The molecule has 2 rings (SSSR count). The predicted molar refractivity (Wildman–Crippen MR) is 102 cm³/mol. The van der Waals surface area contributed by atoms with Gasteiger partial charge in [0.2, 0.25) is 0 Å². The molecule has 0 aliphatic heterocycles. The number of hydrogen-bond donors (Lipinski definition) is 0. The molecule has 0 heterocycles. The Bertz CT molecular complexity index is 586. The van der Waals surface area contributed by atoms with Crippen LogP contribution in [0.2, 0.25) is 0 Å². The third kappa shape index (κ3) is 8.67. The van der Waals surface area contributed by atoms with Gasteiger partial charge in [0.1, 0.15) is 0 Å².